The van der Waals surface area contributed by atoms with Crippen molar-refractivity contribution in [3.05, 3.63) is 29.8 Å². The molecule has 0 aliphatic heterocycles. The molecule has 0 bridgehead atoms. The first-order valence-corrected chi connectivity index (χ1v) is 9.70. The zero-order valence-corrected chi connectivity index (χ0v) is 16.0. The normalized spacial score (nSPS) is 21.0. The van der Waals surface area contributed by atoms with E-state index in [1.165, 1.54) is 18.2 Å². The van der Waals surface area contributed by atoms with Gasteiger partial charge in [0.15, 0.2) is 0 Å². The fraction of sp³-hybridized carbons (Fsp3) is 0.650. The highest BCUT2D eigenvalue weighted by Crippen LogP contribution is 2.28. The van der Waals surface area contributed by atoms with Crippen LogP contribution >= 0.6 is 0 Å². The van der Waals surface area contributed by atoms with Gasteiger partial charge in [-0.1, -0.05) is 32.4 Å². The number of nitrogens with one attached hydrogen (secondary N) is 1. The van der Waals surface area contributed by atoms with Crippen LogP contribution in [0.5, 0.6) is 5.75 Å². The lowest BCUT2D eigenvalue weighted by Crippen LogP contribution is -2.35. The van der Waals surface area contributed by atoms with Crippen molar-refractivity contribution in [3.63, 3.8) is 0 Å². The van der Waals surface area contributed by atoms with Crippen molar-refractivity contribution in [2.45, 2.75) is 58.4 Å². The standard InChI is InChI=1S/C20H29F3N2O2/c1-3-25(4-2)14-15-8-7-9-16(13-12-15)24-19(26)17-10-5-6-11-18(17)27-20(21,22)23/h5-6,10-11,15-16H,3-4,7-9,12-14H2,1-2H3,(H,24,26). The Balaban J connectivity index is 1.95. The third-order valence-electron chi connectivity index (χ3n) is 5.19. The van der Waals surface area contributed by atoms with E-state index in [9.17, 15) is 18.0 Å². The average Bonchev–Trinajstić information content (AvgIpc) is 2.83. The van der Waals surface area contributed by atoms with Crippen molar-refractivity contribution >= 4 is 5.91 Å². The van der Waals surface area contributed by atoms with E-state index in [0.29, 0.717) is 5.92 Å². The van der Waals surface area contributed by atoms with Gasteiger partial charge in [-0.3, -0.25) is 4.79 Å². The minimum Gasteiger partial charge on any atom is -0.405 e. The van der Waals surface area contributed by atoms with Crippen molar-refractivity contribution in [1.29, 1.82) is 0 Å². The van der Waals surface area contributed by atoms with Crippen LogP contribution in [-0.4, -0.2) is 42.8 Å². The summed E-state index contributed by atoms with van der Waals surface area (Å²) in [7, 11) is 0. The Hall–Kier alpha value is -1.76. The maximum Gasteiger partial charge on any atom is 0.573 e. The van der Waals surface area contributed by atoms with E-state index in [1.54, 1.807) is 0 Å². The van der Waals surface area contributed by atoms with Crippen LogP contribution < -0.4 is 10.1 Å². The smallest absolute Gasteiger partial charge is 0.405 e. The largest absolute Gasteiger partial charge is 0.573 e. The number of halogens is 3. The predicted molar refractivity (Wildman–Crippen MR) is 98.7 cm³/mol. The summed E-state index contributed by atoms with van der Waals surface area (Å²) in [4.78, 5) is 14.9. The first kappa shape index (κ1) is 21.5. The molecule has 1 aromatic carbocycles. The molecular formula is C20H29F3N2O2. The van der Waals surface area contributed by atoms with Crippen molar-refractivity contribution in [3.8, 4) is 5.75 Å². The molecule has 4 nitrogen and oxygen atoms in total. The fourth-order valence-corrected chi connectivity index (χ4v) is 3.68. The second-order valence-corrected chi connectivity index (χ2v) is 7.07. The molecule has 152 valence electrons. The summed E-state index contributed by atoms with van der Waals surface area (Å²) in [5.41, 5.74) is -0.0845. The fourth-order valence-electron chi connectivity index (χ4n) is 3.68. The molecular weight excluding hydrogens is 357 g/mol. The molecule has 0 radical (unpaired) electrons. The number of hydrogen-bond acceptors (Lipinski definition) is 3. The number of nitrogens with zero attached hydrogens (tertiary/aromatic N) is 1. The van der Waals surface area contributed by atoms with Crippen molar-refractivity contribution < 1.29 is 22.7 Å². The Morgan fingerprint density at radius 3 is 2.52 bits per heavy atom. The molecule has 1 saturated carbocycles. The van der Waals surface area contributed by atoms with Gasteiger partial charge >= 0.3 is 6.36 Å². The topological polar surface area (TPSA) is 41.6 Å². The zero-order valence-electron chi connectivity index (χ0n) is 16.0. The number of para-hydroxylation sites is 1. The molecule has 2 unspecified atom stereocenters. The van der Waals surface area contributed by atoms with Gasteiger partial charge in [0.05, 0.1) is 5.56 Å². The maximum absolute atomic E-state index is 12.5. The molecule has 1 aliphatic carbocycles. The third-order valence-corrected chi connectivity index (χ3v) is 5.19. The van der Waals surface area contributed by atoms with E-state index in [4.69, 9.17) is 0 Å². The predicted octanol–water partition coefficient (Wildman–Crippen LogP) is 4.61. The van der Waals surface area contributed by atoms with E-state index in [1.807, 2.05) is 0 Å². The molecule has 1 fully saturated rings. The van der Waals surface area contributed by atoms with E-state index < -0.39 is 18.0 Å². The van der Waals surface area contributed by atoms with E-state index in [-0.39, 0.29) is 11.6 Å². The second-order valence-electron chi connectivity index (χ2n) is 7.07. The molecule has 0 heterocycles. The van der Waals surface area contributed by atoms with Gasteiger partial charge in [0.2, 0.25) is 0 Å². The summed E-state index contributed by atoms with van der Waals surface area (Å²) in [5.74, 6) is -0.370. The minimum atomic E-state index is -4.82. The van der Waals surface area contributed by atoms with Crippen LogP contribution in [0.3, 0.4) is 0 Å². The van der Waals surface area contributed by atoms with Gasteiger partial charge in [-0.15, -0.1) is 13.2 Å². The van der Waals surface area contributed by atoms with Crippen LogP contribution in [0.1, 0.15) is 56.3 Å². The van der Waals surface area contributed by atoms with Gasteiger partial charge in [0.1, 0.15) is 5.75 Å². The van der Waals surface area contributed by atoms with Gasteiger partial charge in [0, 0.05) is 12.6 Å². The second kappa shape index (κ2) is 9.97. The first-order valence-electron chi connectivity index (χ1n) is 9.70. The molecule has 1 N–H and O–H groups in total. The number of carbonyl (C=O) groups is 1. The minimum absolute atomic E-state index is 0.0156. The van der Waals surface area contributed by atoms with Crippen molar-refractivity contribution in [2.75, 3.05) is 19.6 Å². The van der Waals surface area contributed by atoms with Crippen LogP contribution in [0.2, 0.25) is 0 Å². The number of hydrogen-bond donors (Lipinski definition) is 1. The number of rotatable bonds is 7. The summed E-state index contributed by atoms with van der Waals surface area (Å²) in [6.07, 6.45) is 0.0233. The Morgan fingerprint density at radius 1 is 1.15 bits per heavy atom. The summed E-state index contributed by atoms with van der Waals surface area (Å²) in [5, 5.41) is 2.90. The molecule has 1 aromatic rings. The van der Waals surface area contributed by atoms with E-state index >= 15 is 0 Å². The maximum atomic E-state index is 12.5. The van der Waals surface area contributed by atoms with Crippen molar-refractivity contribution in [1.82, 2.24) is 10.2 Å². The van der Waals surface area contributed by atoms with Crippen LogP contribution in [0.15, 0.2) is 24.3 Å². The molecule has 2 atom stereocenters. The van der Waals surface area contributed by atoms with Crippen LogP contribution in [0.25, 0.3) is 0 Å². The van der Waals surface area contributed by atoms with Crippen LogP contribution in [0.4, 0.5) is 13.2 Å². The monoisotopic (exact) mass is 386 g/mol. The molecule has 2 rings (SSSR count). The highest BCUT2D eigenvalue weighted by atomic mass is 19.4. The number of alkyl halides is 3. The number of benzene rings is 1. The Labute approximate surface area is 159 Å². The Morgan fingerprint density at radius 2 is 1.85 bits per heavy atom. The van der Waals surface area contributed by atoms with Gasteiger partial charge in [-0.05, 0) is 56.8 Å². The number of carbonyl (C=O) groups excluding carboxylic acids is 1. The summed E-state index contributed by atoms with van der Waals surface area (Å²) < 4.78 is 41.6. The summed E-state index contributed by atoms with van der Waals surface area (Å²) in [6.45, 7) is 7.44. The average molecular weight is 386 g/mol. The van der Waals surface area contributed by atoms with Gasteiger partial charge < -0.3 is 15.0 Å². The molecule has 1 amide bonds. The van der Waals surface area contributed by atoms with Gasteiger partial charge in [-0.2, -0.15) is 0 Å². The summed E-state index contributed by atoms with van der Waals surface area (Å²) >= 11 is 0. The third kappa shape index (κ3) is 7.05. The Bertz CT molecular complexity index is 603. The zero-order chi connectivity index (χ0) is 19.9. The molecule has 0 aromatic heterocycles. The molecule has 7 heteroatoms. The molecule has 27 heavy (non-hydrogen) atoms. The van der Waals surface area contributed by atoms with Gasteiger partial charge in [-0.25, -0.2) is 0 Å². The molecule has 1 aliphatic rings. The lowest BCUT2D eigenvalue weighted by atomic mass is 9.99. The van der Waals surface area contributed by atoms with Crippen LogP contribution in [0, 0.1) is 5.92 Å². The lowest BCUT2D eigenvalue weighted by Gasteiger charge is -2.24. The summed E-state index contributed by atoms with van der Waals surface area (Å²) in [6, 6.07) is 5.46. The van der Waals surface area contributed by atoms with E-state index in [2.05, 4.69) is 28.8 Å². The SMILES string of the molecule is CCN(CC)CC1CCCC(NC(=O)c2ccccc2OC(F)(F)F)CC1. The molecule has 0 spiro atoms. The Kier molecular flexibility index (Phi) is 7.95. The quantitative estimate of drug-likeness (QED) is 0.696. The van der Waals surface area contributed by atoms with E-state index in [0.717, 1.165) is 57.8 Å². The molecule has 0 saturated heterocycles. The first-order chi connectivity index (χ1) is 12.8. The lowest BCUT2D eigenvalue weighted by molar-refractivity contribution is -0.274. The van der Waals surface area contributed by atoms with Gasteiger partial charge in [0.25, 0.3) is 5.91 Å². The van der Waals surface area contributed by atoms with Crippen LogP contribution in [-0.2, 0) is 0 Å². The number of ether oxygens (including phenoxy) is 1. The number of amides is 1. The van der Waals surface area contributed by atoms with Crippen molar-refractivity contribution in [2.24, 2.45) is 5.92 Å². The highest BCUT2D eigenvalue weighted by Gasteiger charge is 2.33. The highest BCUT2D eigenvalue weighted by molar-refractivity contribution is 5.97.